The Hall–Kier alpha value is -1.65. The van der Waals surface area contributed by atoms with Gasteiger partial charge in [-0.1, -0.05) is 11.8 Å². The number of carbonyl (C=O) groups excluding carboxylic acids is 1. The molecule has 2 aromatic carbocycles. The minimum absolute atomic E-state index is 0. The average Bonchev–Trinajstić information content (AvgIpc) is 2.67. The smallest absolute Gasteiger partial charge is 0.155 e. The summed E-state index contributed by atoms with van der Waals surface area (Å²) in [5, 5.41) is 8.36. The number of nitrogens with zero attached hydrogens (tertiary/aromatic N) is 1. The quantitative estimate of drug-likeness (QED) is 0.251. The van der Waals surface area contributed by atoms with Gasteiger partial charge in [0.05, 0.1) is 12.4 Å². The molecule has 0 unspecified atom stereocenters. The number of aliphatic hydroxyl groups is 1. The molecular weight excluding hydrogens is 619 g/mol. The summed E-state index contributed by atoms with van der Waals surface area (Å²) in [6.45, 7) is 3.39. The molecule has 0 fully saturated rings. The van der Waals surface area contributed by atoms with Crippen LogP contribution < -0.4 is 4.74 Å². The summed E-state index contributed by atoms with van der Waals surface area (Å²) in [7, 11) is 0. The molecule has 4 rings (SSSR count). The number of rotatable bonds is 2. The summed E-state index contributed by atoms with van der Waals surface area (Å²) < 4.78 is 5.90. The van der Waals surface area contributed by atoms with Gasteiger partial charge in [0.1, 0.15) is 0 Å². The van der Waals surface area contributed by atoms with E-state index in [0.717, 1.165) is 33.7 Å². The molecule has 4 nitrogen and oxygen atoms in total. The van der Waals surface area contributed by atoms with Crippen molar-refractivity contribution in [2.45, 2.75) is 20.5 Å². The normalized spacial score (nSPS) is 11.2. The summed E-state index contributed by atoms with van der Waals surface area (Å²) in [4.78, 5) is 14.4. The van der Waals surface area contributed by atoms with E-state index >= 15 is 0 Å². The molecule has 0 spiro atoms. The Labute approximate surface area is 209 Å². The molecule has 1 aliphatic heterocycles. The van der Waals surface area contributed by atoms with Gasteiger partial charge in [-0.05, 0) is 25.3 Å². The standard InChI is InChI=1S/C18H10NO.C5H8O2.Ir.Y/c1-2-6-13(7-3-1)16-10-11-19-17-15-9-5-4-8-14(15)12-20-18(16)17;1-4(6)3-5(2)7;;/h1-6,8,11H,12H2;3,6H,1-2H3;;/q-3;;;/b;4-3-;;. The Balaban J connectivity index is 0.000000410. The van der Waals surface area contributed by atoms with Crippen LogP contribution in [-0.4, -0.2) is 15.9 Å². The maximum absolute atomic E-state index is 10.0. The van der Waals surface area contributed by atoms with Crippen LogP contribution >= 0.6 is 0 Å². The van der Waals surface area contributed by atoms with Crippen LogP contribution in [0.15, 0.2) is 60.5 Å². The van der Waals surface area contributed by atoms with Crippen LogP contribution in [-0.2, 0) is 64.2 Å². The third kappa shape index (κ3) is 6.68. The Morgan fingerprint density at radius 2 is 1.86 bits per heavy atom. The first-order valence-electron chi connectivity index (χ1n) is 8.44. The summed E-state index contributed by atoms with van der Waals surface area (Å²) in [5.41, 5.74) is 4.82. The molecule has 0 saturated carbocycles. The zero-order chi connectivity index (χ0) is 19.2. The monoisotopic (exact) mass is 638 g/mol. The van der Waals surface area contributed by atoms with Crippen molar-refractivity contribution in [2.75, 3.05) is 0 Å². The van der Waals surface area contributed by atoms with Gasteiger partial charge in [0, 0.05) is 58.9 Å². The first-order chi connectivity index (χ1) is 13.1. The van der Waals surface area contributed by atoms with Crippen LogP contribution in [0.5, 0.6) is 5.75 Å². The fraction of sp³-hybridized carbons (Fsp3) is 0.130. The Morgan fingerprint density at radius 1 is 1.10 bits per heavy atom. The second kappa shape index (κ2) is 12.1. The van der Waals surface area contributed by atoms with Crippen LogP contribution in [0.1, 0.15) is 19.4 Å². The van der Waals surface area contributed by atoms with Gasteiger partial charge in [0.25, 0.3) is 0 Å². The third-order valence-electron chi connectivity index (χ3n) is 3.79. The number of ketones is 1. The number of carbonyl (C=O) groups is 1. The van der Waals surface area contributed by atoms with E-state index in [2.05, 4.69) is 23.2 Å². The first kappa shape index (κ1) is 25.4. The molecule has 1 N–H and O–H groups in total. The Bertz CT molecular complexity index is 972. The largest absolute Gasteiger partial charge is 0.572 e. The fourth-order valence-corrected chi connectivity index (χ4v) is 2.73. The minimum Gasteiger partial charge on any atom is -0.572 e. The number of pyridine rings is 1. The maximum atomic E-state index is 10.0. The van der Waals surface area contributed by atoms with Crippen molar-refractivity contribution in [1.29, 1.82) is 0 Å². The van der Waals surface area contributed by atoms with Crippen molar-refractivity contribution < 1.29 is 67.5 Å². The molecule has 0 aliphatic carbocycles. The zero-order valence-electron chi connectivity index (χ0n) is 16.0. The third-order valence-corrected chi connectivity index (χ3v) is 3.79. The van der Waals surface area contributed by atoms with E-state index in [4.69, 9.17) is 9.84 Å². The van der Waals surface area contributed by atoms with Crippen LogP contribution in [0, 0.1) is 18.2 Å². The SMILES string of the molecule is CC(=O)/C=C(/C)O.[Ir].[Y].[c-]1ccccc1-c1[c-]cnc2c1OCc1ccc[c-]c1-2. The van der Waals surface area contributed by atoms with Crippen molar-refractivity contribution in [3.05, 3.63) is 84.3 Å². The van der Waals surface area contributed by atoms with Gasteiger partial charge in [0.15, 0.2) is 5.78 Å². The number of benzene rings is 2. The van der Waals surface area contributed by atoms with Crippen molar-refractivity contribution in [1.82, 2.24) is 4.98 Å². The Kier molecular flexibility index (Phi) is 10.6. The van der Waals surface area contributed by atoms with Crippen LogP contribution in [0.25, 0.3) is 22.4 Å². The predicted octanol–water partition coefficient (Wildman–Crippen LogP) is 4.74. The van der Waals surface area contributed by atoms with E-state index in [1.54, 1.807) is 6.20 Å². The van der Waals surface area contributed by atoms with E-state index in [1.165, 1.54) is 19.9 Å². The molecule has 1 aromatic heterocycles. The van der Waals surface area contributed by atoms with Crippen molar-refractivity contribution in [3.8, 4) is 28.1 Å². The summed E-state index contributed by atoms with van der Waals surface area (Å²) in [6.07, 6.45) is 2.86. The predicted molar refractivity (Wildman–Crippen MR) is 103 cm³/mol. The van der Waals surface area contributed by atoms with Gasteiger partial charge in [-0.2, -0.15) is 12.1 Å². The number of hydrogen-bond acceptors (Lipinski definition) is 4. The number of hydrogen-bond donors (Lipinski definition) is 1. The van der Waals surface area contributed by atoms with Gasteiger partial charge in [-0.25, -0.2) is 23.8 Å². The molecule has 1 aliphatic rings. The van der Waals surface area contributed by atoms with Crippen molar-refractivity contribution in [2.24, 2.45) is 0 Å². The van der Waals surface area contributed by atoms with Crippen molar-refractivity contribution >= 4 is 5.78 Å². The molecule has 0 amide bonds. The summed E-state index contributed by atoms with van der Waals surface area (Å²) in [5.74, 6) is 0.706. The van der Waals surface area contributed by atoms with Crippen molar-refractivity contribution in [3.63, 3.8) is 0 Å². The first-order valence-corrected chi connectivity index (χ1v) is 8.44. The molecule has 2 radical (unpaired) electrons. The number of fused-ring (bicyclic) bond motifs is 3. The average molecular weight is 638 g/mol. The zero-order valence-corrected chi connectivity index (χ0v) is 21.3. The maximum Gasteiger partial charge on any atom is 0.155 e. The molecule has 0 saturated heterocycles. The second-order valence-corrected chi connectivity index (χ2v) is 5.99. The van der Waals surface area contributed by atoms with Gasteiger partial charge in [0.2, 0.25) is 0 Å². The number of aliphatic hydroxyl groups excluding tert-OH is 1. The van der Waals surface area contributed by atoms with E-state index in [0.29, 0.717) is 6.61 Å². The molecule has 6 heteroatoms. The topological polar surface area (TPSA) is 59.4 Å². The molecule has 148 valence electrons. The fourth-order valence-electron chi connectivity index (χ4n) is 2.73. The van der Waals surface area contributed by atoms with E-state index < -0.39 is 0 Å². The molecule has 0 bridgehead atoms. The number of allylic oxidation sites excluding steroid dienone is 2. The molecular formula is C23H18IrNO3Y-3. The second-order valence-electron chi connectivity index (χ2n) is 5.99. The molecule has 2 heterocycles. The van der Waals surface area contributed by atoms with Crippen LogP contribution in [0.2, 0.25) is 0 Å². The molecule has 3 aromatic rings. The van der Waals surface area contributed by atoms with Crippen LogP contribution in [0.3, 0.4) is 0 Å². The minimum atomic E-state index is -0.125. The number of aromatic nitrogens is 1. The van der Waals surface area contributed by atoms with Gasteiger partial charge < -0.3 is 14.8 Å². The number of ether oxygens (including phenoxy) is 1. The van der Waals surface area contributed by atoms with E-state index in [9.17, 15) is 4.79 Å². The Morgan fingerprint density at radius 3 is 2.48 bits per heavy atom. The summed E-state index contributed by atoms with van der Waals surface area (Å²) >= 11 is 0. The van der Waals surface area contributed by atoms with Gasteiger partial charge in [-0.3, -0.25) is 10.4 Å². The van der Waals surface area contributed by atoms with Crippen LogP contribution in [0.4, 0.5) is 0 Å². The van der Waals surface area contributed by atoms with E-state index in [1.807, 2.05) is 42.5 Å². The molecule has 0 atom stereocenters. The molecule has 29 heavy (non-hydrogen) atoms. The van der Waals surface area contributed by atoms with E-state index in [-0.39, 0.29) is 64.4 Å². The summed E-state index contributed by atoms with van der Waals surface area (Å²) in [6, 6.07) is 23.4. The van der Waals surface area contributed by atoms with Gasteiger partial charge in [-0.15, -0.1) is 35.9 Å². The van der Waals surface area contributed by atoms with Gasteiger partial charge >= 0.3 is 0 Å².